The molecule has 134 valence electrons. The van der Waals surface area contributed by atoms with Crippen LogP contribution in [0.2, 0.25) is 0 Å². The highest BCUT2D eigenvalue weighted by Gasteiger charge is 2.10. The highest BCUT2D eigenvalue weighted by Crippen LogP contribution is 2.12. The number of hydrogen-bond donors (Lipinski definition) is 1. The van der Waals surface area contributed by atoms with Gasteiger partial charge in [-0.25, -0.2) is 9.59 Å². The second-order valence-corrected chi connectivity index (χ2v) is 6.04. The third-order valence-electron chi connectivity index (χ3n) is 3.82. The average Bonchev–Trinajstić information content (AvgIpc) is 2.92. The summed E-state index contributed by atoms with van der Waals surface area (Å²) >= 11 is 0. The molecule has 0 unspecified atom stereocenters. The Morgan fingerprint density at radius 3 is 1.30 bits per heavy atom. The summed E-state index contributed by atoms with van der Waals surface area (Å²) in [5, 5.41) is 8.63. The van der Waals surface area contributed by atoms with E-state index >= 15 is 0 Å². The van der Waals surface area contributed by atoms with Crippen molar-refractivity contribution >= 4 is 11.9 Å². The number of hydrogen-bond acceptors (Lipinski definition) is 4. The lowest BCUT2D eigenvalue weighted by Gasteiger charge is -2.02. The first-order valence-corrected chi connectivity index (χ1v) is 9.25. The zero-order valence-corrected chi connectivity index (χ0v) is 14.7. The number of rotatable bonds is 13. The minimum absolute atomic E-state index is 0.373. The SMILES string of the molecule is CCCCCCCCCCCCCCCO.O=C1C=CC(=O)O1. The molecule has 0 amide bonds. The normalized spacial score (nSPS) is 13.0. The van der Waals surface area contributed by atoms with E-state index in [9.17, 15) is 9.59 Å². The van der Waals surface area contributed by atoms with Crippen LogP contribution < -0.4 is 0 Å². The maximum Gasteiger partial charge on any atom is 0.338 e. The summed E-state index contributed by atoms with van der Waals surface area (Å²) in [6.45, 7) is 2.65. The van der Waals surface area contributed by atoms with Gasteiger partial charge in [0, 0.05) is 18.8 Å². The second-order valence-electron chi connectivity index (χ2n) is 6.04. The third kappa shape index (κ3) is 17.0. The lowest BCUT2D eigenvalue weighted by Crippen LogP contribution is -1.96. The highest BCUT2D eigenvalue weighted by atomic mass is 16.6. The molecule has 1 rings (SSSR count). The number of unbranched alkanes of at least 4 members (excludes halogenated alkanes) is 12. The summed E-state index contributed by atoms with van der Waals surface area (Å²) < 4.78 is 3.97. The molecule has 4 heteroatoms. The summed E-state index contributed by atoms with van der Waals surface area (Å²) in [4.78, 5) is 19.8. The molecule has 0 aromatic heterocycles. The van der Waals surface area contributed by atoms with Crippen LogP contribution >= 0.6 is 0 Å². The number of carbonyl (C=O) groups excluding carboxylic acids is 2. The van der Waals surface area contributed by atoms with E-state index in [1.54, 1.807) is 0 Å². The van der Waals surface area contributed by atoms with Crippen molar-refractivity contribution in [3.63, 3.8) is 0 Å². The Bertz CT molecular complexity index is 293. The number of ether oxygens (including phenoxy) is 1. The molecule has 0 saturated carbocycles. The van der Waals surface area contributed by atoms with Crippen LogP contribution in [0.3, 0.4) is 0 Å². The maximum absolute atomic E-state index is 9.92. The van der Waals surface area contributed by atoms with Gasteiger partial charge in [-0.05, 0) is 6.42 Å². The number of aliphatic hydroxyl groups excluding tert-OH is 1. The minimum atomic E-state index is -0.579. The predicted molar refractivity (Wildman–Crippen MR) is 93.0 cm³/mol. The Morgan fingerprint density at radius 1 is 0.696 bits per heavy atom. The van der Waals surface area contributed by atoms with E-state index in [-0.39, 0.29) is 0 Å². The molecule has 1 aliphatic heterocycles. The fraction of sp³-hybridized carbons (Fsp3) is 0.789. The van der Waals surface area contributed by atoms with Crippen LogP contribution in [0.1, 0.15) is 90.4 Å². The van der Waals surface area contributed by atoms with E-state index in [2.05, 4.69) is 11.7 Å². The monoisotopic (exact) mass is 326 g/mol. The van der Waals surface area contributed by atoms with E-state index in [4.69, 9.17) is 5.11 Å². The van der Waals surface area contributed by atoms with Crippen molar-refractivity contribution in [1.82, 2.24) is 0 Å². The Balaban J connectivity index is 0.000000568. The van der Waals surface area contributed by atoms with Gasteiger partial charge in [0.1, 0.15) is 0 Å². The van der Waals surface area contributed by atoms with Crippen LogP contribution in [0.5, 0.6) is 0 Å². The van der Waals surface area contributed by atoms with Crippen LogP contribution in [0.4, 0.5) is 0 Å². The Labute approximate surface area is 141 Å². The topological polar surface area (TPSA) is 63.6 Å². The van der Waals surface area contributed by atoms with Gasteiger partial charge in [0.15, 0.2) is 0 Å². The molecule has 1 N–H and O–H groups in total. The van der Waals surface area contributed by atoms with Gasteiger partial charge in [-0.3, -0.25) is 0 Å². The first kappa shape index (κ1) is 21.8. The summed E-state index contributed by atoms with van der Waals surface area (Å²) in [5.41, 5.74) is 0. The van der Waals surface area contributed by atoms with Crippen molar-refractivity contribution in [2.24, 2.45) is 0 Å². The van der Waals surface area contributed by atoms with Gasteiger partial charge < -0.3 is 9.84 Å². The first-order valence-electron chi connectivity index (χ1n) is 9.25. The molecule has 0 aromatic rings. The highest BCUT2D eigenvalue weighted by molar-refractivity contribution is 6.04. The van der Waals surface area contributed by atoms with E-state index < -0.39 is 11.9 Å². The molecular weight excluding hydrogens is 292 g/mol. The van der Waals surface area contributed by atoms with Gasteiger partial charge in [-0.15, -0.1) is 0 Å². The van der Waals surface area contributed by atoms with E-state index in [1.165, 1.54) is 77.0 Å². The van der Waals surface area contributed by atoms with Crippen molar-refractivity contribution in [2.75, 3.05) is 6.61 Å². The van der Waals surface area contributed by atoms with Crippen molar-refractivity contribution in [2.45, 2.75) is 90.4 Å². The van der Waals surface area contributed by atoms with Crippen LogP contribution in [0.15, 0.2) is 12.2 Å². The Morgan fingerprint density at radius 2 is 1.04 bits per heavy atom. The van der Waals surface area contributed by atoms with Gasteiger partial charge in [-0.2, -0.15) is 0 Å². The standard InChI is InChI=1S/C15H32O.C4H2O3/c1-2-3-4-5-6-7-8-9-10-11-12-13-14-15-16;5-3-1-2-4(6)7-3/h16H,2-15H2,1H3;1-2H. The third-order valence-corrected chi connectivity index (χ3v) is 3.82. The quantitative estimate of drug-likeness (QED) is 0.303. The molecule has 0 radical (unpaired) electrons. The van der Waals surface area contributed by atoms with Crippen LogP contribution in [-0.2, 0) is 14.3 Å². The lowest BCUT2D eigenvalue weighted by atomic mass is 10.0. The predicted octanol–water partition coefficient (Wildman–Crippen LogP) is 4.70. The number of cyclic esters (lactones) is 2. The molecule has 0 spiro atoms. The van der Waals surface area contributed by atoms with Gasteiger partial charge in [-0.1, -0.05) is 84.0 Å². The smallest absolute Gasteiger partial charge is 0.338 e. The van der Waals surface area contributed by atoms with Crippen LogP contribution in [0, 0.1) is 0 Å². The molecule has 0 aliphatic carbocycles. The number of carbonyl (C=O) groups is 2. The molecule has 4 nitrogen and oxygen atoms in total. The largest absolute Gasteiger partial charge is 0.396 e. The van der Waals surface area contributed by atoms with Gasteiger partial charge in [0.25, 0.3) is 0 Å². The molecule has 0 bridgehead atoms. The van der Waals surface area contributed by atoms with Crippen molar-refractivity contribution in [1.29, 1.82) is 0 Å². The maximum atomic E-state index is 9.92. The van der Waals surface area contributed by atoms with Crippen LogP contribution in [0.25, 0.3) is 0 Å². The summed E-state index contributed by atoms with van der Waals surface area (Å²) in [7, 11) is 0. The van der Waals surface area contributed by atoms with Crippen LogP contribution in [-0.4, -0.2) is 23.7 Å². The lowest BCUT2D eigenvalue weighted by molar-refractivity contribution is -0.150. The molecule has 0 fully saturated rings. The molecule has 1 aliphatic rings. The van der Waals surface area contributed by atoms with E-state index in [0.717, 1.165) is 18.6 Å². The molecule has 23 heavy (non-hydrogen) atoms. The molecular formula is C19H34O4. The van der Waals surface area contributed by atoms with Crippen molar-refractivity contribution in [3.05, 3.63) is 12.2 Å². The van der Waals surface area contributed by atoms with Crippen molar-refractivity contribution in [3.8, 4) is 0 Å². The fourth-order valence-corrected chi connectivity index (χ4v) is 2.43. The molecule has 0 aromatic carbocycles. The number of esters is 2. The summed E-state index contributed by atoms with van der Waals surface area (Å²) in [5.74, 6) is -1.16. The van der Waals surface area contributed by atoms with Gasteiger partial charge in [0.05, 0.1) is 0 Å². The van der Waals surface area contributed by atoms with Gasteiger partial charge in [0.2, 0.25) is 0 Å². The zero-order valence-electron chi connectivity index (χ0n) is 14.7. The fourth-order valence-electron chi connectivity index (χ4n) is 2.43. The first-order chi connectivity index (χ1) is 11.2. The Kier molecular flexibility index (Phi) is 16.3. The summed E-state index contributed by atoms with van der Waals surface area (Å²) in [6.07, 6.45) is 19.9. The summed E-state index contributed by atoms with van der Waals surface area (Å²) in [6, 6.07) is 0. The zero-order chi connectivity index (χ0) is 17.2. The second kappa shape index (κ2) is 17.2. The van der Waals surface area contributed by atoms with Gasteiger partial charge >= 0.3 is 11.9 Å². The van der Waals surface area contributed by atoms with E-state index in [1.807, 2.05) is 0 Å². The van der Waals surface area contributed by atoms with Crippen molar-refractivity contribution < 1.29 is 19.4 Å². The molecule has 0 atom stereocenters. The Hall–Kier alpha value is -1.16. The van der Waals surface area contributed by atoms with E-state index in [0.29, 0.717) is 6.61 Å². The molecule has 1 heterocycles. The number of aliphatic hydroxyl groups is 1. The molecule has 0 saturated heterocycles. The average molecular weight is 326 g/mol. The minimum Gasteiger partial charge on any atom is -0.396 e.